The van der Waals surface area contributed by atoms with Crippen LogP contribution >= 0.6 is 31.9 Å². The normalized spacial score (nSPS) is 27.7. The molecule has 1 saturated heterocycles. The molecule has 2 aliphatic rings. The average Bonchev–Trinajstić information content (AvgIpc) is 2.87. The molecular formula is C13H15Br2NO2S. The zero-order chi connectivity index (χ0) is 13.6. The highest BCUT2D eigenvalue weighted by atomic mass is 79.9. The summed E-state index contributed by atoms with van der Waals surface area (Å²) in [7, 11) is -3.36. The molecule has 0 radical (unpaired) electrons. The highest BCUT2D eigenvalue weighted by Crippen LogP contribution is 2.40. The van der Waals surface area contributed by atoms with Crippen molar-refractivity contribution in [2.24, 2.45) is 11.8 Å². The van der Waals surface area contributed by atoms with Crippen molar-refractivity contribution in [3.8, 4) is 0 Å². The number of nitrogens with zero attached hydrogens (tertiary/aromatic N) is 1. The molecule has 0 N–H and O–H groups in total. The molecule has 1 saturated carbocycles. The molecule has 0 aromatic heterocycles. The Hall–Kier alpha value is 0.0900. The quantitative estimate of drug-likeness (QED) is 0.749. The predicted octanol–water partition coefficient (Wildman–Crippen LogP) is 3.63. The van der Waals surface area contributed by atoms with Gasteiger partial charge in [0.25, 0.3) is 0 Å². The van der Waals surface area contributed by atoms with Crippen molar-refractivity contribution in [3.63, 3.8) is 0 Å². The molecule has 1 aliphatic carbocycles. The summed E-state index contributed by atoms with van der Waals surface area (Å²) in [5, 5.41) is 0. The van der Waals surface area contributed by atoms with Crippen LogP contribution < -0.4 is 0 Å². The molecule has 104 valence electrons. The molecule has 0 amide bonds. The molecule has 0 spiro atoms. The van der Waals surface area contributed by atoms with E-state index in [2.05, 4.69) is 31.9 Å². The van der Waals surface area contributed by atoms with Gasteiger partial charge in [-0.25, -0.2) is 8.42 Å². The molecule has 1 aromatic carbocycles. The second-order valence-corrected chi connectivity index (χ2v) is 9.02. The van der Waals surface area contributed by atoms with E-state index in [1.165, 1.54) is 19.3 Å². The first kappa shape index (κ1) is 14.0. The fourth-order valence-corrected chi connectivity index (χ4v) is 6.47. The minimum atomic E-state index is -3.36. The Bertz CT molecular complexity index is 591. The maximum absolute atomic E-state index is 12.7. The van der Waals surface area contributed by atoms with Crippen molar-refractivity contribution in [2.45, 2.75) is 24.2 Å². The molecule has 1 aliphatic heterocycles. The Morgan fingerprint density at radius 3 is 2.32 bits per heavy atom. The van der Waals surface area contributed by atoms with E-state index in [9.17, 15) is 8.42 Å². The van der Waals surface area contributed by atoms with E-state index in [1.807, 2.05) is 0 Å². The summed E-state index contributed by atoms with van der Waals surface area (Å²) in [6, 6.07) is 5.22. The van der Waals surface area contributed by atoms with E-state index in [-0.39, 0.29) is 0 Å². The third kappa shape index (κ3) is 2.52. The van der Waals surface area contributed by atoms with Crippen molar-refractivity contribution >= 4 is 41.9 Å². The molecule has 3 nitrogen and oxygen atoms in total. The van der Waals surface area contributed by atoms with Gasteiger partial charge < -0.3 is 0 Å². The monoisotopic (exact) mass is 407 g/mol. The fraction of sp³-hybridized carbons (Fsp3) is 0.538. The molecule has 1 aromatic rings. The smallest absolute Gasteiger partial charge is 0.207 e. The van der Waals surface area contributed by atoms with Crippen LogP contribution in [-0.4, -0.2) is 25.8 Å². The summed E-state index contributed by atoms with van der Waals surface area (Å²) in [6.45, 7) is 1.38. The molecule has 2 atom stereocenters. The van der Waals surface area contributed by atoms with E-state index in [0.717, 1.165) is 4.47 Å². The first-order valence-corrected chi connectivity index (χ1v) is 9.46. The van der Waals surface area contributed by atoms with Crippen LogP contribution in [0.3, 0.4) is 0 Å². The molecule has 2 unspecified atom stereocenters. The number of rotatable bonds is 2. The minimum absolute atomic E-state index is 0.371. The summed E-state index contributed by atoms with van der Waals surface area (Å²) in [5.74, 6) is 1.15. The molecule has 19 heavy (non-hydrogen) atoms. The average molecular weight is 409 g/mol. The van der Waals surface area contributed by atoms with Crippen molar-refractivity contribution in [1.29, 1.82) is 0 Å². The van der Waals surface area contributed by atoms with Gasteiger partial charge >= 0.3 is 0 Å². The standard InChI is InChI=1S/C13H15Br2NO2S/c14-11-4-5-13(12(15)6-11)19(17,18)16-7-9-2-1-3-10(9)8-16/h4-6,9-10H,1-3,7-8H2. The van der Waals surface area contributed by atoms with Gasteiger partial charge in [-0.1, -0.05) is 22.4 Å². The molecule has 6 heteroatoms. The van der Waals surface area contributed by atoms with Gasteiger partial charge in [-0.05, 0) is 58.8 Å². The van der Waals surface area contributed by atoms with Gasteiger partial charge in [-0.15, -0.1) is 0 Å². The summed E-state index contributed by atoms with van der Waals surface area (Å²) < 4.78 is 28.5. The Balaban J connectivity index is 1.91. The fourth-order valence-electron chi connectivity index (χ4n) is 3.21. The lowest BCUT2D eigenvalue weighted by Gasteiger charge is -2.18. The Morgan fingerprint density at radius 1 is 1.11 bits per heavy atom. The van der Waals surface area contributed by atoms with Gasteiger partial charge in [0, 0.05) is 22.0 Å². The van der Waals surface area contributed by atoms with Crippen LogP contribution in [0.5, 0.6) is 0 Å². The van der Waals surface area contributed by atoms with E-state index < -0.39 is 10.0 Å². The number of sulfonamides is 1. The molecule has 1 heterocycles. The van der Waals surface area contributed by atoms with E-state index in [1.54, 1.807) is 22.5 Å². The van der Waals surface area contributed by atoms with Crippen LogP contribution in [0, 0.1) is 11.8 Å². The first-order chi connectivity index (χ1) is 8.98. The molecule has 2 fully saturated rings. The largest absolute Gasteiger partial charge is 0.244 e. The van der Waals surface area contributed by atoms with Crippen LogP contribution in [0.4, 0.5) is 0 Å². The van der Waals surface area contributed by atoms with E-state index in [4.69, 9.17) is 0 Å². The first-order valence-electron chi connectivity index (χ1n) is 6.43. The number of fused-ring (bicyclic) bond motifs is 1. The maximum atomic E-state index is 12.7. The van der Waals surface area contributed by atoms with Crippen LogP contribution in [-0.2, 0) is 10.0 Å². The predicted molar refractivity (Wildman–Crippen MR) is 81.4 cm³/mol. The SMILES string of the molecule is O=S(=O)(c1ccc(Br)cc1Br)N1CC2CCCC2C1. The lowest BCUT2D eigenvalue weighted by atomic mass is 10.0. The van der Waals surface area contributed by atoms with Crippen LogP contribution in [0.2, 0.25) is 0 Å². The van der Waals surface area contributed by atoms with Gasteiger partial charge in [0.2, 0.25) is 10.0 Å². The second kappa shape index (κ2) is 5.13. The van der Waals surface area contributed by atoms with E-state index in [0.29, 0.717) is 34.3 Å². The van der Waals surface area contributed by atoms with Crippen LogP contribution in [0.1, 0.15) is 19.3 Å². The third-order valence-electron chi connectivity index (χ3n) is 4.20. The summed E-state index contributed by atoms with van der Waals surface area (Å²) in [4.78, 5) is 0.371. The van der Waals surface area contributed by atoms with Gasteiger partial charge in [-0.2, -0.15) is 4.31 Å². The Kier molecular flexibility index (Phi) is 3.79. The summed E-state index contributed by atoms with van der Waals surface area (Å²) in [5.41, 5.74) is 0. The van der Waals surface area contributed by atoms with Crippen LogP contribution in [0.25, 0.3) is 0 Å². The molecule has 3 rings (SSSR count). The number of hydrogen-bond acceptors (Lipinski definition) is 2. The van der Waals surface area contributed by atoms with Gasteiger partial charge in [0.1, 0.15) is 0 Å². The summed E-state index contributed by atoms with van der Waals surface area (Å²) in [6.07, 6.45) is 3.61. The van der Waals surface area contributed by atoms with Gasteiger partial charge in [0.15, 0.2) is 0 Å². The number of benzene rings is 1. The second-order valence-electron chi connectivity index (χ2n) is 5.35. The van der Waals surface area contributed by atoms with Crippen LogP contribution in [0.15, 0.2) is 32.0 Å². The number of hydrogen-bond donors (Lipinski definition) is 0. The zero-order valence-electron chi connectivity index (χ0n) is 10.4. The highest BCUT2D eigenvalue weighted by Gasteiger charge is 2.41. The van der Waals surface area contributed by atoms with E-state index >= 15 is 0 Å². The minimum Gasteiger partial charge on any atom is -0.207 e. The Morgan fingerprint density at radius 2 is 1.74 bits per heavy atom. The number of halogens is 2. The topological polar surface area (TPSA) is 37.4 Å². The van der Waals surface area contributed by atoms with Gasteiger partial charge in [0.05, 0.1) is 4.90 Å². The lowest BCUT2D eigenvalue weighted by molar-refractivity contribution is 0.445. The van der Waals surface area contributed by atoms with Crippen molar-refractivity contribution < 1.29 is 8.42 Å². The summed E-state index contributed by atoms with van der Waals surface area (Å²) >= 11 is 6.70. The van der Waals surface area contributed by atoms with Crippen molar-refractivity contribution in [3.05, 3.63) is 27.1 Å². The molecular weight excluding hydrogens is 394 g/mol. The zero-order valence-corrected chi connectivity index (χ0v) is 14.3. The van der Waals surface area contributed by atoms with Crippen molar-refractivity contribution in [2.75, 3.05) is 13.1 Å². The third-order valence-corrected chi connectivity index (χ3v) is 7.51. The maximum Gasteiger partial charge on any atom is 0.244 e. The lowest BCUT2D eigenvalue weighted by Crippen LogP contribution is -2.29. The highest BCUT2D eigenvalue weighted by molar-refractivity contribution is 9.11. The Labute approximate surface area is 130 Å². The van der Waals surface area contributed by atoms with Crippen molar-refractivity contribution in [1.82, 2.24) is 4.31 Å². The molecule has 0 bridgehead atoms. The van der Waals surface area contributed by atoms with Gasteiger partial charge in [-0.3, -0.25) is 0 Å².